The van der Waals surface area contributed by atoms with Gasteiger partial charge in [-0.1, -0.05) is 0 Å². The van der Waals surface area contributed by atoms with Gasteiger partial charge in [-0.05, 0) is 65.1 Å². The van der Waals surface area contributed by atoms with E-state index >= 15 is 0 Å². The molecule has 19 heavy (non-hydrogen) atoms. The molecule has 0 aromatic rings. The second-order valence-electron chi connectivity index (χ2n) is 6.13. The molecule has 1 atom stereocenters. The summed E-state index contributed by atoms with van der Waals surface area (Å²) in [6.45, 7) is 6.68. The highest BCUT2D eigenvalue weighted by molar-refractivity contribution is 5.78. The number of piperidine rings is 1. The van der Waals surface area contributed by atoms with E-state index < -0.39 is 12.0 Å². The number of aliphatic hydroxyl groups is 1. The molecular weight excluding hydrogens is 242 g/mol. The Hall–Kier alpha value is -1.12. The Morgan fingerprint density at radius 1 is 1.53 bits per heavy atom. The van der Waals surface area contributed by atoms with Gasteiger partial charge >= 0.3 is 0 Å². The maximum atomic E-state index is 10.9. The maximum absolute atomic E-state index is 10.9. The topological polar surface area (TPSA) is 90.3 Å². The van der Waals surface area contributed by atoms with E-state index in [2.05, 4.69) is 11.0 Å². The molecule has 1 fully saturated rings. The standard InChI is InChI=1S/C14H25N3O2/c1-14(2,10-15)6-3-7-17-8-4-11(5-9-17)12(18)13(16)19/h11-12,18H,3-9H2,1-2H3,(H2,16,19). The predicted molar refractivity (Wildman–Crippen MR) is 73.0 cm³/mol. The lowest BCUT2D eigenvalue weighted by Gasteiger charge is -2.33. The molecule has 0 bridgehead atoms. The number of nitrogens with zero attached hydrogens (tertiary/aromatic N) is 2. The minimum Gasteiger partial charge on any atom is -0.383 e. The lowest BCUT2D eigenvalue weighted by atomic mass is 9.88. The molecule has 0 radical (unpaired) electrons. The Morgan fingerprint density at radius 3 is 2.58 bits per heavy atom. The summed E-state index contributed by atoms with van der Waals surface area (Å²) in [6.07, 6.45) is 2.52. The number of aliphatic hydroxyl groups excluding tert-OH is 1. The molecule has 5 heteroatoms. The molecule has 108 valence electrons. The van der Waals surface area contributed by atoms with Crippen LogP contribution in [0.2, 0.25) is 0 Å². The maximum Gasteiger partial charge on any atom is 0.246 e. The van der Waals surface area contributed by atoms with Gasteiger partial charge in [0.05, 0.1) is 11.5 Å². The number of carbonyl (C=O) groups is 1. The highest BCUT2D eigenvalue weighted by Crippen LogP contribution is 2.23. The van der Waals surface area contributed by atoms with Gasteiger partial charge in [0.25, 0.3) is 0 Å². The van der Waals surface area contributed by atoms with Gasteiger partial charge in [-0.2, -0.15) is 5.26 Å². The van der Waals surface area contributed by atoms with Crippen LogP contribution in [0.1, 0.15) is 39.5 Å². The monoisotopic (exact) mass is 267 g/mol. The number of likely N-dealkylation sites (tertiary alicyclic amines) is 1. The van der Waals surface area contributed by atoms with Crippen LogP contribution in [-0.2, 0) is 4.79 Å². The molecule has 0 aromatic carbocycles. The van der Waals surface area contributed by atoms with E-state index in [-0.39, 0.29) is 11.3 Å². The van der Waals surface area contributed by atoms with Gasteiger partial charge in [-0.25, -0.2) is 0 Å². The van der Waals surface area contributed by atoms with Crippen molar-refractivity contribution >= 4 is 5.91 Å². The lowest BCUT2D eigenvalue weighted by molar-refractivity contribution is -0.129. The van der Waals surface area contributed by atoms with Crippen molar-refractivity contribution in [3.8, 4) is 6.07 Å². The van der Waals surface area contributed by atoms with Crippen molar-refractivity contribution < 1.29 is 9.90 Å². The third-order valence-electron chi connectivity index (χ3n) is 3.95. The Bertz CT molecular complexity index is 341. The van der Waals surface area contributed by atoms with Crippen LogP contribution in [-0.4, -0.2) is 41.7 Å². The van der Waals surface area contributed by atoms with E-state index in [1.165, 1.54) is 0 Å². The van der Waals surface area contributed by atoms with Crippen LogP contribution in [0.25, 0.3) is 0 Å². The van der Waals surface area contributed by atoms with Crippen LogP contribution in [0, 0.1) is 22.7 Å². The van der Waals surface area contributed by atoms with E-state index in [4.69, 9.17) is 11.0 Å². The van der Waals surface area contributed by atoms with Crippen LogP contribution < -0.4 is 5.73 Å². The third kappa shape index (κ3) is 5.17. The quantitative estimate of drug-likeness (QED) is 0.747. The molecule has 3 N–H and O–H groups in total. The van der Waals surface area contributed by atoms with Gasteiger partial charge < -0.3 is 15.7 Å². The van der Waals surface area contributed by atoms with Crippen LogP contribution in [0.3, 0.4) is 0 Å². The Morgan fingerprint density at radius 2 is 2.11 bits per heavy atom. The van der Waals surface area contributed by atoms with Crippen LogP contribution >= 0.6 is 0 Å². The first-order valence-electron chi connectivity index (χ1n) is 6.97. The van der Waals surface area contributed by atoms with E-state index in [1.54, 1.807) is 0 Å². The zero-order chi connectivity index (χ0) is 14.5. The van der Waals surface area contributed by atoms with Crippen LogP contribution in [0.4, 0.5) is 0 Å². The number of nitrogens with two attached hydrogens (primary N) is 1. The minimum absolute atomic E-state index is 0.00398. The van der Waals surface area contributed by atoms with Crippen LogP contribution in [0.5, 0.6) is 0 Å². The number of primary amides is 1. The first-order valence-corrected chi connectivity index (χ1v) is 6.97. The number of hydrogen-bond acceptors (Lipinski definition) is 4. The van der Waals surface area contributed by atoms with Gasteiger partial charge in [-0.15, -0.1) is 0 Å². The van der Waals surface area contributed by atoms with Crippen molar-refractivity contribution in [2.24, 2.45) is 17.1 Å². The van der Waals surface area contributed by atoms with Crippen molar-refractivity contribution in [3.05, 3.63) is 0 Å². The fourth-order valence-electron chi connectivity index (χ4n) is 2.53. The fraction of sp³-hybridized carbons (Fsp3) is 0.857. The second-order valence-corrected chi connectivity index (χ2v) is 6.13. The number of nitriles is 1. The molecule has 1 unspecified atom stereocenters. The lowest BCUT2D eigenvalue weighted by Crippen LogP contribution is -2.43. The third-order valence-corrected chi connectivity index (χ3v) is 3.95. The first-order chi connectivity index (χ1) is 8.85. The molecule has 1 saturated heterocycles. The minimum atomic E-state index is -1.00. The zero-order valence-electron chi connectivity index (χ0n) is 11.9. The van der Waals surface area contributed by atoms with Crippen molar-refractivity contribution in [1.82, 2.24) is 4.90 Å². The van der Waals surface area contributed by atoms with Crippen LogP contribution in [0.15, 0.2) is 0 Å². The summed E-state index contributed by atoms with van der Waals surface area (Å²) in [5, 5.41) is 18.6. The Kier molecular flexibility index (Phi) is 5.77. The van der Waals surface area contributed by atoms with E-state index in [9.17, 15) is 9.90 Å². The van der Waals surface area contributed by atoms with Gasteiger partial charge in [-0.3, -0.25) is 4.79 Å². The average Bonchev–Trinajstić information content (AvgIpc) is 2.38. The van der Waals surface area contributed by atoms with Crippen molar-refractivity contribution in [1.29, 1.82) is 5.26 Å². The Labute approximate surface area is 115 Å². The number of carbonyl (C=O) groups excluding carboxylic acids is 1. The molecule has 1 aliphatic heterocycles. The molecule has 0 saturated carbocycles. The normalized spacial score (nSPS) is 19.9. The molecule has 1 heterocycles. The molecule has 1 rings (SSSR count). The summed E-state index contributed by atoms with van der Waals surface area (Å²) in [5.74, 6) is -0.612. The molecule has 1 amide bonds. The first kappa shape index (κ1) is 15.9. The van der Waals surface area contributed by atoms with E-state index in [1.807, 2.05) is 13.8 Å². The molecule has 5 nitrogen and oxygen atoms in total. The number of hydrogen-bond donors (Lipinski definition) is 2. The highest BCUT2D eigenvalue weighted by Gasteiger charge is 2.28. The number of amides is 1. The van der Waals surface area contributed by atoms with Gasteiger partial charge in [0.15, 0.2) is 0 Å². The average molecular weight is 267 g/mol. The summed E-state index contributed by atoms with van der Waals surface area (Å²) >= 11 is 0. The summed E-state index contributed by atoms with van der Waals surface area (Å²) in [6, 6.07) is 2.31. The molecule has 0 aromatic heterocycles. The SMILES string of the molecule is CC(C)(C#N)CCCN1CCC(C(O)C(N)=O)CC1. The van der Waals surface area contributed by atoms with Crippen molar-refractivity contribution in [2.45, 2.75) is 45.6 Å². The molecule has 1 aliphatic rings. The predicted octanol–water partition coefficient (Wildman–Crippen LogP) is 0.875. The number of rotatable bonds is 6. The van der Waals surface area contributed by atoms with E-state index in [0.717, 1.165) is 45.3 Å². The second kappa shape index (κ2) is 6.88. The summed E-state index contributed by atoms with van der Waals surface area (Å²) in [7, 11) is 0. The van der Waals surface area contributed by atoms with Crippen molar-refractivity contribution in [3.63, 3.8) is 0 Å². The van der Waals surface area contributed by atoms with E-state index in [0.29, 0.717) is 0 Å². The summed E-state index contributed by atoms with van der Waals surface area (Å²) < 4.78 is 0. The highest BCUT2D eigenvalue weighted by atomic mass is 16.3. The van der Waals surface area contributed by atoms with Gasteiger partial charge in [0, 0.05) is 0 Å². The van der Waals surface area contributed by atoms with Gasteiger partial charge in [0.1, 0.15) is 6.10 Å². The molecule has 0 spiro atoms. The molecular formula is C14H25N3O2. The summed E-state index contributed by atoms with van der Waals surface area (Å²) in [4.78, 5) is 13.3. The zero-order valence-corrected chi connectivity index (χ0v) is 11.9. The smallest absolute Gasteiger partial charge is 0.246 e. The molecule has 0 aliphatic carbocycles. The largest absolute Gasteiger partial charge is 0.383 e. The summed E-state index contributed by atoms with van der Waals surface area (Å²) in [5.41, 5.74) is 4.86. The van der Waals surface area contributed by atoms with Gasteiger partial charge in [0.2, 0.25) is 5.91 Å². The Balaban J connectivity index is 2.24. The fourth-order valence-corrected chi connectivity index (χ4v) is 2.53. The van der Waals surface area contributed by atoms with Crippen molar-refractivity contribution in [2.75, 3.05) is 19.6 Å².